The van der Waals surface area contributed by atoms with E-state index in [1.54, 1.807) is 35.0 Å². The molecule has 0 spiro atoms. The summed E-state index contributed by atoms with van der Waals surface area (Å²) in [7, 11) is 0. The third-order valence-corrected chi connectivity index (χ3v) is 6.37. The number of likely N-dealkylation sites (tertiary alicyclic amines) is 1. The number of nitrogens with zero attached hydrogens (tertiary/aromatic N) is 4. The van der Waals surface area contributed by atoms with Crippen LogP contribution in [0.15, 0.2) is 63.8 Å². The number of amides is 1. The fourth-order valence-electron chi connectivity index (χ4n) is 4.04. The van der Waals surface area contributed by atoms with E-state index in [1.807, 2.05) is 23.1 Å². The lowest BCUT2D eigenvalue weighted by molar-refractivity contribution is 0.0663. The lowest BCUT2D eigenvalue weighted by atomic mass is 9.96. The van der Waals surface area contributed by atoms with Crippen molar-refractivity contribution in [3.05, 3.63) is 65.2 Å². The maximum atomic E-state index is 12.5. The Kier molecular flexibility index (Phi) is 5.57. The molecule has 164 valence electrons. The van der Waals surface area contributed by atoms with Gasteiger partial charge in [-0.25, -0.2) is 4.98 Å². The highest BCUT2D eigenvalue weighted by Gasteiger charge is 2.25. The van der Waals surface area contributed by atoms with E-state index in [0.717, 1.165) is 29.7 Å². The minimum atomic E-state index is -0.0500. The Balaban J connectivity index is 1.31. The number of carbonyl (C=O) groups excluding carboxylic acids is 1. The van der Waals surface area contributed by atoms with Crippen molar-refractivity contribution < 1.29 is 14.3 Å². The second kappa shape index (κ2) is 8.66. The molecular weight excluding hydrogens is 474 g/mol. The third kappa shape index (κ3) is 3.95. The molecule has 1 aliphatic rings. The number of aromatic nitrogens is 3. The molecule has 9 heteroatoms. The van der Waals surface area contributed by atoms with Crippen LogP contribution in [0.25, 0.3) is 16.9 Å². The molecule has 1 saturated heterocycles. The molecule has 4 heterocycles. The smallest absolute Gasteiger partial charge is 0.289 e. The minimum Gasteiger partial charge on any atom is -0.507 e. The molecule has 0 aliphatic carbocycles. The number of fused-ring (bicyclic) bond motifs is 1. The number of carbonyl (C=O) groups is 1. The second-order valence-electron chi connectivity index (χ2n) is 7.87. The molecule has 8 nitrogen and oxygen atoms in total. The van der Waals surface area contributed by atoms with Crippen LogP contribution in [0.3, 0.4) is 0 Å². The van der Waals surface area contributed by atoms with Crippen LogP contribution in [0, 0.1) is 5.92 Å². The van der Waals surface area contributed by atoms with Gasteiger partial charge in [-0.05, 0) is 59.0 Å². The number of phenolic OH excluding ortho intramolecular Hbond substituents is 1. The van der Waals surface area contributed by atoms with Crippen molar-refractivity contribution in [1.29, 1.82) is 0 Å². The van der Waals surface area contributed by atoms with Crippen molar-refractivity contribution in [2.45, 2.75) is 12.8 Å². The lowest BCUT2D eigenvalue weighted by Gasteiger charge is -2.31. The second-order valence-corrected chi connectivity index (χ2v) is 8.72. The van der Waals surface area contributed by atoms with Gasteiger partial charge in [0, 0.05) is 31.3 Å². The van der Waals surface area contributed by atoms with Crippen LogP contribution in [-0.4, -0.2) is 50.1 Å². The summed E-state index contributed by atoms with van der Waals surface area (Å²) in [5.74, 6) is 1.74. The molecule has 1 fully saturated rings. The van der Waals surface area contributed by atoms with Crippen LogP contribution in [-0.2, 0) is 0 Å². The zero-order valence-corrected chi connectivity index (χ0v) is 18.8. The predicted octanol–water partition coefficient (Wildman–Crippen LogP) is 4.42. The maximum Gasteiger partial charge on any atom is 0.289 e. The number of nitrogens with one attached hydrogen (secondary N) is 1. The van der Waals surface area contributed by atoms with Gasteiger partial charge in [-0.1, -0.05) is 12.1 Å². The summed E-state index contributed by atoms with van der Waals surface area (Å²) >= 11 is 3.51. The fourth-order valence-corrected chi connectivity index (χ4v) is 4.38. The lowest BCUT2D eigenvalue weighted by Crippen LogP contribution is -2.39. The van der Waals surface area contributed by atoms with Crippen molar-refractivity contribution in [2.24, 2.45) is 5.92 Å². The van der Waals surface area contributed by atoms with Crippen molar-refractivity contribution >= 4 is 33.3 Å². The highest BCUT2D eigenvalue weighted by Crippen LogP contribution is 2.31. The van der Waals surface area contributed by atoms with Gasteiger partial charge in [0.05, 0.1) is 22.6 Å². The molecular formula is C23H22BrN5O3. The van der Waals surface area contributed by atoms with E-state index < -0.39 is 0 Å². The predicted molar refractivity (Wildman–Crippen MR) is 124 cm³/mol. The Bertz CT molecular complexity index is 1250. The Morgan fingerprint density at radius 2 is 2.03 bits per heavy atom. The first-order valence-electron chi connectivity index (χ1n) is 10.5. The fraction of sp³-hybridized carbons (Fsp3) is 0.261. The number of anilines is 1. The van der Waals surface area contributed by atoms with Gasteiger partial charge in [-0.3, -0.25) is 4.79 Å². The molecule has 1 aromatic carbocycles. The number of halogens is 1. The van der Waals surface area contributed by atoms with E-state index in [9.17, 15) is 9.90 Å². The van der Waals surface area contributed by atoms with Gasteiger partial charge in [0.2, 0.25) is 0 Å². The van der Waals surface area contributed by atoms with Crippen LogP contribution < -0.4 is 5.32 Å². The molecule has 2 N–H and O–H groups in total. The van der Waals surface area contributed by atoms with Crippen molar-refractivity contribution in [3.63, 3.8) is 0 Å². The Morgan fingerprint density at radius 1 is 1.22 bits per heavy atom. The van der Waals surface area contributed by atoms with Crippen molar-refractivity contribution in [1.82, 2.24) is 19.5 Å². The van der Waals surface area contributed by atoms with Crippen molar-refractivity contribution in [2.75, 3.05) is 25.0 Å². The number of hydrogen-bond acceptors (Lipinski definition) is 6. The van der Waals surface area contributed by atoms with E-state index in [1.165, 1.54) is 6.26 Å². The van der Waals surface area contributed by atoms with Gasteiger partial charge in [0.1, 0.15) is 11.6 Å². The van der Waals surface area contributed by atoms with Gasteiger partial charge in [0.15, 0.2) is 11.4 Å². The normalized spacial score (nSPS) is 14.7. The summed E-state index contributed by atoms with van der Waals surface area (Å²) in [6.07, 6.45) is 5.04. The molecule has 1 amide bonds. The quantitative estimate of drug-likeness (QED) is 0.425. The summed E-state index contributed by atoms with van der Waals surface area (Å²) in [4.78, 5) is 19.0. The van der Waals surface area contributed by atoms with Gasteiger partial charge in [0.25, 0.3) is 5.91 Å². The summed E-state index contributed by atoms with van der Waals surface area (Å²) in [6.45, 7) is 2.15. The van der Waals surface area contributed by atoms with Gasteiger partial charge < -0.3 is 19.7 Å². The van der Waals surface area contributed by atoms with E-state index in [0.29, 0.717) is 41.7 Å². The van der Waals surface area contributed by atoms with Crippen LogP contribution in [0.1, 0.15) is 23.4 Å². The molecule has 0 atom stereocenters. The first-order chi connectivity index (χ1) is 15.6. The third-order valence-electron chi connectivity index (χ3n) is 5.81. The number of phenols is 1. The first kappa shape index (κ1) is 20.6. The van der Waals surface area contributed by atoms with Crippen LogP contribution >= 0.6 is 15.9 Å². The van der Waals surface area contributed by atoms with E-state index in [-0.39, 0.29) is 11.7 Å². The van der Waals surface area contributed by atoms with Gasteiger partial charge >= 0.3 is 0 Å². The molecule has 1 aliphatic heterocycles. The number of rotatable bonds is 5. The topological polar surface area (TPSA) is 95.9 Å². The van der Waals surface area contributed by atoms with E-state index in [2.05, 4.69) is 31.3 Å². The van der Waals surface area contributed by atoms with Gasteiger partial charge in [-0.15, -0.1) is 0 Å². The van der Waals surface area contributed by atoms with Crippen molar-refractivity contribution in [3.8, 4) is 17.0 Å². The Hall–Kier alpha value is -3.33. The zero-order valence-electron chi connectivity index (χ0n) is 17.2. The standard InChI is InChI=1S/C23H22BrN5O3/c24-17-14-26-29-21(12-18(27-22(17)29)16-4-1-2-5-19(16)30)25-13-15-7-9-28(10-8-15)23(31)20-6-3-11-32-20/h1-6,11-12,14-15,25,30H,7-10,13H2. The summed E-state index contributed by atoms with van der Waals surface area (Å²) in [5, 5.41) is 18.2. The molecule has 32 heavy (non-hydrogen) atoms. The van der Waals surface area contributed by atoms with E-state index >= 15 is 0 Å². The zero-order chi connectivity index (χ0) is 22.1. The minimum absolute atomic E-state index is 0.0500. The number of furan rings is 1. The molecule has 5 rings (SSSR count). The largest absolute Gasteiger partial charge is 0.507 e. The maximum absolute atomic E-state index is 12.5. The molecule has 0 unspecified atom stereocenters. The molecule has 0 saturated carbocycles. The average Bonchev–Trinajstić information content (AvgIpc) is 3.48. The highest BCUT2D eigenvalue weighted by atomic mass is 79.9. The van der Waals surface area contributed by atoms with E-state index in [4.69, 9.17) is 4.42 Å². The Labute approximate surface area is 193 Å². The number of benzene rings is 1. The SMILES string of the molecule is O=C(c1ccco1)N1CCC(CNc2cc(-c3ccccc3O)nc3c(Br)cnn23)CC1. The molecule has 0 bridgehead atoms. The number of para-hydroxylation sites is 1. The number of hydrogen-bond donors (Lipinski definition) is 2. The Morgan fingerprint density at radius 3 is 2.78 bits per heavy atom. The average molecular weight is 496 g/mol. The summed E-state index contributed by atoms with van der Waals surface area (Å²) in [6, 6.07) is 12.5. The molecule has 4 aromatic rings. The number of aromatic hydroxyl groups is 1. The summed E-state index contributed by atoms with van der Waals surface area (Å²) in [5.41, 5.74) is 2.00. The summed E-state index contributed by atoms with van der Waals surface area (Å²) < 4.78 is 7.77. The molecule has 3 aromatic heterocycles. The van der Waals surface area contributed by atoms with Crippen LogP contribution in [0.4, 0.5) is 5.82 Å². The molecule has 0 radical (unpaired) electrons. The first-order valence-corrected chi connectivity index (χ1v) is 11.3. The van der Waals surface area contributed by atoms with Gasteiger partial charge in [-0.2, -0.15) is 9.61 Å². The number of piperidine rings is 1. The van der Waals surface area contributed by atoms with Crippen LogP contribution in [0.5, 0.6) is 5.75 Å². The highest BCUT2D eigenvalue weighted by molar-refractivity contribution is 9.10. The monoisotopic (exact) mass is 495 g/mol. The van der Waals surface area contributed by atoms with Crippen LogP contribution in [0.2, 0.25) is 0 Å².